The molecular formula is C12H20N2O3. The number of nitrogens with one attached hydrogen (secondary N) is 2. The summed E-state index contributed by atoms with van der Waals surface area (Å²) in [7, 11) is 0. The predicted molar refractivity (Wildman–Crippen MR) is 62.5 cm³/mol. The number of rotatable bonds is 4. The van der Waals surface area contributed by atoms with Crippen LogP contribution < -0.4 is 10.6 Å². The Bertz CT molecular complexity index is 342. The van der Waals surface area contributed by atoms with Crippen molar-refractivity contribution in [3.8, 4) is 0 Å². The van der Waals surface area contributed by atoms with Crippen LogP contribution in [0.5, 0.6) is 0 Å². The number of carboxylic acids is 1. The molecule has 0 aromatic carbocycles. The lowest BCUT2D eigenvalue weighted by molar-refractivity contribution is -0.145. The van der Waals surface area contributed by atoms with E-state index >= 15 is 0 Å². The van der Waals surface area contributed by atoms with Gasteiger partial charge >= 0.3 is 5.97 Å². The highest BCUT2D eigenvalue weighted by molar-refractivity contribution is 5.92. The minimum atomic E-state index is -0.971. The molecule has 5 nitrogen and oxygen atoms in total. The molecule has 0 aromatic heterocycles. The minimum Gasteiger partial charge on any atom is -0.480 e. The van der Waals surface area contributed by atoms with Gasteiger partial charge in [0, 0.05) is 6.54 Å². The largest absolute Gasteiger partial charge is 0.480 e. The van der Waals surface area contributed by atoms with Crippen LogP contribution in [0.1, 0.15) is 33.1 Å². The first-order valence-corrected chi connectivity index (χ1v) is 6.20. The van der Waals surface area contributed by atoms with Crippen LogP contribution >= 0.6 is 0 Å². The number of hydrogen-bond donors (Lipinski definition) is 3. The van der Waals surface area contributed by atoms with Crippen LogP contribution in [-0.2, 0) is 9.59 Å². The van der Waals surface area contributed by atoms with Gasteiger partial charge in [0.25, 0.3) is 0 Å². The average molecular weight is 240 g/mol. The first kappa shape index (κ1) is 12.4. The third-order valence-corrected chi connectivity index (χ3v) is 4.26. The van der Waals surface area contributed by atoms with E-state index in [-0.39, 0.29) is 11.8 Å². The maximum atomic E-state index is 12.4. The molecule has 1 heterocycles. The van der Waals surface area contributed by atoms with Gasteiger partial charge in [-0.2, -0.15) is 0 Å². The molecule has 3 N–H and O–H groups in total. The Hall–Kier alpha value is -1.10. The number of aliphatic carboxylic acids is 1. The van der Waals surface area contributed by atoms with Gasteiger partial charge < -0.3 is 15.7 Å². The summed E-state index contributed by atoms with van der Waals surface area (Å²) < 4.78 is 0. The number of carbonyl (C=O) groups excluding carboxylic acids is 1. The number of carboxylic acid groups (broad SMARTS) is 1. The molecule has 1 unspecified atom stereocenters. The molecule has 0 aromatic rings. The fourth-order valence-corrected chi connectivity index (χ4v) is 2.52. The quantitative estimate of drug-likeness (QED) is 0.663. The van der Waals surface area contributed by atoms with Crippen LogP contribution in [-0.4, -0.2) is 35.6 Å². The molecule has 1 aliphatic heterocycles. The zero-order chi connectivity index (χ0) is 12.7. The highest BCUT2D eigenvalue weighted by atomic mass is 16.4. The summed E-state index contributed by atoms with van der Waals surface area (Å²) in [5.41, 5.74) is -1.41. The first-order valence-electron chi connectivity index (χ1n) is 6.20. The Kier molecular flexibility index (Phi) is 2.89. The topological polar surface area (TPSA) is 78.4 Å². The Morgan fingerprint density at radius 2 is 1.94 bits per heavy atom. The monoisotopic (exact) mass is 240 g/mol. The van der Waals surface area contributed by atoms with Crippen LogP contribution in [0.4, 0.5) is 0 Å². The van der Waals surface area contributed by atoms with Gasteiger partial charge in [0.15, 0.2) is 0 Å². The molecule has 2 fully saturated rings. The number of carbonyl (C=O) groups is 2. The molecule has 96 valence electrons. The van der Waals surface area contributed by atoms with Crippen LogP contribution in [0.3, 0.4) is 0 Å². The summed E-state index contributed by atoms with van der Waals surface area (Å²) in [6.07, 6.45) is 1.89. The molecule has 1 saturated carbocycles. The standard InChI is InChI=1S/C12H20N2O3/c1-8(2)11(5-6-13-7-11)9(15)14-12(3-4-12)10(16)17/h8,13H,3-7H2,1-2H3,(H,14,15)(H,16,17). The number of amides is 1. The Morgan fingerprint density at radius 3 is 2.29 bits per heavy atom. The van der Waals surface area contributed by atoms with Crippen LogP contribution in [0.25, 0.3) is 0 Å². The fraction of sp³-hybridized carbons (Fsp3) is 0.833. The van der Waals surface area contributed by atoms with Gasteiger partial charge in [0.1, 0.15) is 5.54 Å². The van der Waals surface area contributed by atoms with Crippen molar-refractivity contribution in [2.75, 3.05) is 13.1 Å². The molecule has 1 amide bonds. The summed E-state index contributed by atoms with van der Waals surface area (Å²) in [4.78, 5) is 23.4. The summed E-state index contributed by atoms with van der Waals surface area (Å²) >= 11 is 0. The summed E-state index contributed by atoms with van der Waals surface area (Å²) in [5, 5.41) is 15.0. The lowest BCUT2D eigenvalue weighted by Gasteiger charge is -2.32. The van der Waals surface area contributed by atoms with E-state index in [1.165, 1.54) is 0 Å². The van der Waals surface area contributed by atoms with Crippen molar-refractivity contribution in [2.24, 2.45) is 11.3 Å². The highest BCUT2D eigenvalue weighted by Gasteiger charge is 2.55. The van der Waals surface area contributed by atoms with E-state index in [1.807, 2.05) is 13.8 Å². The molecule has 5 heteroatoms. The second kappa shape index (κ2) is 3.98. The van der Waals surface area contributed by atoms with Gasteiger partial charge in [-0.05, 0) is 31.7 Å². The zero-order valence-electron chi connectivity index (χ0n) is 10.4. The van der Waals surface area contributed by atoms with Crippen molar-refractivity contribution in [1.29, 1.82) is 0 Å². The summed E-state index contributed by atoms with van der Waals surface area (Å²) in [6.45, 7) is 5.51. The predicted octanol–water partition coefficient (Wildman–Crippen LogP) is 0.355. The molecular weight excluding hydrogens is 220 g/mol. The van der Waals surface area contributed by atoms with E-state index < -0.39 is 16.9 Å². The molecule has 1 aliphatic carbocycles. The van der Waals surface area contributed by atoms with Crippen molar-refractivity contribution in [3.63, 3.8) is 0 Å². The van der Waals surface area contributed by atoms with Crippen LogP contribution in [0, 0.1) is 11.3 Å². The first-order chi connectivity index (χ1) is 7.93. The number of hydrogen-bond acceptors (Lipinski definition) is 3. The Morgan fingerprint density at radius 1 is 1.29 bits per heavy atom. The maximum Gasteiger partial charge on any atom is 0.329 e. The van der Waals surface area contributed by atoms with Crippen LogP contribution in [0.15, 0.2) is 0 Å². The molecule has 17 heavy (non-hydrogen) atoms. The van der Waals surface area contributed by atoms with Gasteiger partial charge in [-0.1, -0.05) is 13.8 Å². The second-order valence-electron chi connectivity index (χ2n) is 5.58. The third kappa shape index (κ3) is 1.92. The van der Waals surface area contributed by atoms with Crippen molar-refractivity contribution in [3.05, 3.63) is 0 Å². The lowest BCUT2D eigenvalue weighted by atomic mass is 9.75. The summed E-state index contributed by atoms with van der Waals surface area (Å²) in [5.74, 6) is -0.796. The van der Waals surface area contributed by atoms with Crippen molar-refractivity contribution < 1.29 is 14.7 Å². The molecule has 1 atom stereocenters. The van der Waals surface area contributed by atoms with Gasteiger partial charge in [0.2, 0.25) is 5.91 Å². The average Bonchev–Trinajstić information content (AvgIpc) is 2.87. The van der Waals surface area contributed by atoms with Gasteiger partial charge in [-0.25, -0.2) is 4.79 Å². The lowest BCUT2D eigenvalue weighted by Crippen LogP contribution is -2.52. The third-order valence-electron chi connectivity index (χ3n) is 4.26. The molecule has 0 spiro atoms. The Labute approximate surface area is 101 Å². The van der Waals surface area contributed by atoms with Crippen molar-refractivity contribution in [2.45, 2.75) is 38.6 Å². The van der Waals surface area contributed by atoms with Gasteiger partial charge in [-0.15, -0.1) is 0 Å². The fourth-order valence-electron chi connectivity index (χ4n) is 2.52. The molecule has 0 bridgehead atoms. The highest BCUT2D eigenvalue weighted by Crippen LogP contribution is 2.40. The maximum absolute atomic E-state index is 12.4. The normalized spacial score (nSPS) is 30.3. The molecule has 0 radical (unpaired) electrons. The molecule has 2 aliphatic rings. The van der Waals surface area contributed by atoms with Crippen molar-refractivity contribution in [1.82, 2.24) is 10.6 Å². The Balaban J connectivity index is 2.11. The van der Waals surface area contributed by atoms with Gasteiger partial charge in [0.05, 0.1) is 5.41 Å². The van der Waals surface area contributed by atoms with E-state index in [2.05, 4.69) is 10.6 Å². The summed E-state index contributed by atoms with van der Waals surface area (Å²) in [6, 6.07) is 0. The molecule has 1 saturated heterocycles. The SMILES string of the molecule is CC(C)C1(C(=O)NC2(C(=O)O)CC2)CCNC1. The van der Waals surface area contributed by atoms with E-state index in [1.54, 1.807) is 0 Å². The zero-order valence-corrected chi connectivity index (χ0v) is 10.4. The van der Waals surface area contributed by atoms with Crippen LogP contribution in [0.2, 0.25) is 0 Å². The smallest absolute Gasteiger partial charge is 0.329 e. The van der Waals surface area contributed by atoms with E-state index in [9.17, 15) is 9.59 Å². The van der Waals surface area contributed by atoms with E-state index in [0.717, 1.165) is 13.0 Å². The van der Waals surface area contributed by atoms with Gasteiger partial charge in [-0.3, -0.25) is 4.79 Å². The van der Waals surface area contributed by atoms with E-state index in [0.29, 0.717) is 19.4 Å². The molecule has 2 rings (SSSR count). The minimum absolute atomic E-state index is 0.0996. The second-order valence-corrected chi connectivity index (χ2v) is 5.58. The van der Waals surface area contributed by atoms with E-state index in [4.69, 9.17) is 5.11 Å². The van der Waals surface area contributed by atoms with Crippen molar-refractivity contribution >= 4 is 11.9 Å².